The number of carbonyl (C=O) groups excluding carboxylic acids is 1. The molecule has 0 bridgehead atoms. The molecule has 0 fully saturated rings. The van der Waals surface area contributed by atoms with Crippen LogP contribution in [0.2, 0.25) is 0 Å². The molecule has 0 aliphatic heterocycles. The maximum absolute atomic E-state index is 10.9. The Labute approximate surface area is 104 Å². The molecular formula is C11H12Cl2N2O. The molecule has 0 aliphatic carbocycles. The first-order valence-corrected chi connectivity index (χ1v) is 5.49. The van der Waals surface area contributed by atoms with Gasteiger partial charge >= 0.3 is 0 Å². The maximum atomic E-state index is 10.9. The van der Waals surface area contributed by atoms with Gasteiger partial charge in [0.25, 0.3) is 0 Å². The molecule has 3 nitrogen and oxygen atoms in total. The lowest BCUT2D eigenvalue weighted by molar-refractivity contribution is -0.114. The van der Waals surface area contributed by atoms with E-state index in [0.717, 1.165) is 11.4 Å². The van der Waals surface area contributed by atoms with Crippen molar-refractivity contribution in [3.8, 4) is 0 Å². The molecule has 5 heteroatoms. The topological polar surface area (TPSA) is 41.1 Å². The fourth-order valence-corrected chi connectivity index (χ4v) is 1.28. The average Bonchev–Trinajstić information content (AvgIpc) is 2.25. The molecular weight excluding hydrogens is 247 g/mol. The normalized spacial score (nSPS) is 11.1. The monoisotopic (exact) mass is 258 g/mol. The van der Waals surface area contributed by atoms with Crippen molar-refractivity contribution in [1.82, 2.24) is 0 Å². The average molecular weight is 259 g/mol. The minimum atomic E-state index is -0.101. The van der Waals surface area contributed by atoms with Gasteiger partial charge in [0.05, 0.1) is 6.54 Å². The fourth-order valence-electron chi connectivity index (χ4n) is 1.14. The van der Waals surface area contributed by atoms with Gasteiger partial charge in [-0.05, 0) is 18.2 Å². The molecule has 1 amide bonds. The smallest absolute Gasteiger partial charge is 0.221 e. The number of halogens is 2. The summed E-state index contributed by atoms with van der Waals surface area (Å²) in [4.78, 5) is 10.9. The summed E-state index contributed by atoms with van der Waals surface area (Å²) in [6.07, 6.45) is 0. The zero-order valence-corrected chi connectivity index (χ0v) is 10.3. The number of benzene rings is 1. The van der Waals surface area contributed by atoms with Gasteiger partial charge in [-0.15, -0.1) is 0 Å². The highest BCUT2D eigenvalue weighted by atomic mass is 35.5. The summed E-state index contributed by atoms with van der Waals surface area (Å²) in [7, 11) is 0. The molecule has 1 aromatic rings. The van der Waals surface area contributed by atoms with Crippen LogP contribution < -0.4 is 10.6 Å². The number of carbonyl (C=O) groups is 1. The molecule has 0 saturated heterocycles. The number of anilines is 2. The van der Waals surface area contributed by atoms with Crippen molar-refractivity contribution in [3.05, 3.63) is 34.8 Å². The second-order valence-corrected chi connectivity index (χ2v) is 3.88. The van der Waals surface area contributed by atoms with E-state index in [0.29, 0.717) is 11.6 Å². The van der Waals surface area contributed by atoms with Gasteiger partial charge in [0, 0.05) is 28.9 Å². The van der Waals surface area contributed by atoms with Crippen LogP contribution >= 0.6 is 23.2 Å². The molecule has 0 heterocycles. The molecule has 0 saturated carbocycles. The first-order chi connectivity index (χ1) is 7.61. The minimum absolute atomic E-state index is 0.101. The summed E-state index contributed by atoms with van der Waals surface area (Å²) in [5.74, 6) is -0.101. The number of hydrogen-bond acceptors (Lipinski definition) is 2. The van der Waals surface area contributed by atoms with Crippen molar-refractivity contribution >= 4 is 40.5 Å². The van der Waals surface area contributed by atoms with Crippen LogP contribution in [0.15, 0.2) is 34.8 Å². The van der Waals surface area contributed by atoms with E-state index in [1.807, 2.05) is 24.3 Å². The van der Waals surface area contributed by atoms with E-state index in [9.17, 15) is 4.79 Å². The Kier molecular flexibility index (Phi) is 5.15. The fraction of sp³-hybridized carbons (Fsp3) is 0.182. The maximum Gasteiger partial charge on any atom is 0.221 e. The van der Waals surface area contributed by atoms with Crippen molar-refractivity contribution in [1.29, 1.82) is 0 Å². The molecule has 1 aromatic carbocycles. The predicted molar refractivity (Wildman–Crippen MR) is 69.0 cm³/mol. The van der Waals surface area contributed by atoms with Gasteiger partial charge < -0.3 is 10.6 Å². The van der Waals surface area contributed by atoms with Crippen LogP contribution in [-0.4, -0.2) is 12.5 Å². The van der Waals surface area contributed by atoms with Crippen molar-refractivity contribution in [2.24, 2.45) is 0 Å². The van der Waals surface area contributed by atoms with E-state index in [1.165, 1.54) is 12.5 Å². The number of amides is 1. The van der Waals surface area contributed by atoms with E-state index in [4.69, 9.17) is 23.2 Å². The Morgan fingerprint density at radius 2 is 2.12 bits per heavy atom. The zero-order valence-electron chi connectivity index (χ0n) is 8.76. The van der Waals surface area contributed by atoms with Gasteiger partial charge in [0.2, 0.25) is 5.91 Å². The lowest BCUT2D eigenvalue weighted by Crippen LogP contribution is -2.06. The molecule has 2 N–H and O–H groups in total. The van der Waals surface area contributed by atoms with Gasteiger partial charge in [0.1, 0.15) is 0 Å². The van der Waals surface area contributed by atoms with Crippen LogP contribution in [0.3, 0.4) is 0 Å². The van der Waals surface area contributed by atoms with Crippen LogP contribution in [0.1, 0.15) is 6.92 Å². The van der Waals surface area contributed by atoms with Crippen molar-refractivity contribution < 1.29 is 4.79 Å². The lowest BCUT2D eigenvalue weighted by Gasteiger charge is -2.07. The summed E-state index contributed by atoms with van der Waals surface area (Å²) in [5, 5.41) is 6.29. The second-order valence-electron chi connectivity index (χ2n) is 3.17. The molecule has 1 rings (SSSR count). The Hall–Kier alpha value is -1.19. The third-order valence-corrected chi connectivity index (χ3v) is 2.38. The van der Waals surface area contributed by atoms with E-state index < -0.39 is 0 Å². The standard InChI is InChI=1S/C11H12Cl2N2O/c1-8(16)15-11-4-2-3-10(5-11)14-7-9(13)6-12/h2-6,14H,7H2,1H3,(H,15,16). The summed E-state index contributed by atoms with van der Waals surface area (Å²) in [6, 6.07) is 7.35. The number of nitrogens with one attached hydrogen (secondary N) is 2. The Morgan fingerprint density at radius 1 is 1.44 bits per heavy atom. The van der Waals surface area contributed by atoms with Crippen molar-refractivity contribution in [2.75, 3.05) is 17.2 Å². The molecule has 0 spiro atoms. The number of rotatable bonds is 4. The molecule has 16 heavy (non-hydrogen) atoms. The van der Waals surface area contributed by atoms with Gasteiger partial charge in [0.15, 0.2) is 0 Å². The summed E-state index contributed by atoms with van der Waals surface area (Å²) >= 11 is 11.2. The SMILES string of the molecule is CC(=O)Nc1cccc(NCC(Cl)=CCl)c1. The molecule has 0 unspecified atom stereocenters. The summed E-state index contributed by atoms with van der Waals surface area (Å²) in [5.41, 5.74) is 2.91. The van der Waals surface area contributed by atoms with E-state index >= 15 is 0 Å². The van der Waals surface area contributed by atoms with E-state index in [-0.39, 0.29) is 5.91 Å². The first kappa shape index (κ1) is 12.9. The van der Waals surface area contributed by atoms with Gasteiger partial charge in [-0.25, -0.2) is 0 Å². The van der Waals surface area contributed by atoms with E-state index in [2.05, 4.69) is 10.6 Å². The number of hydrogen-bond donors (Lipinski definition) is 2. The second kappa shape index (κ2) is 6.40. The quantitative estimate of drug-likeness (QED) is 0.870. The molecule has 0 atom stereocenters. The third kappa shape index (κ3) is 4.55. The van der Waals surface area contributed by atoms with Crippen LogP contribution in [0.5, 0.6) is 0 Å². The minimum Gasteiger partial charge on any atom is -0.380 e. The molecule has 0 aliphatic rings. The van der Waals surface area contributed by atoms with Crippen LogP contribution in [0.4, 0.5) is 11.4 Å². The Balaban J connectivity index is 2.63. The highest BCUT2D eigenvalue weighted by molar-refractivity contribution is 6.36. The van der Waals surface area contributed by atoms with Gasteiger partial charge in [-0.1, -0.05) is 29.3 Å². The Morgan fingerprint density at radius 3 is 2.75 bits per heavy atom. The van der Waals surface area contributed by atoms with E-state index in [1.54, 1.807) is 0 Å². The predicted octanol–water partition coefficient (Wildman–Crippen LogP) is 3.38. The van der Waals surface area contributed by atoms with Crippen molar-refractivity contribution in [3.63, 3.8) is 0 Å². The lowest BCUT2D eigenvalue weighted by atomic mass is 10.2. The molecule has 0 radical (unpaired) electrons. The third-order valence-electron chi connectivity index (χ3n) is 1.76. The molecule has 0 aromatic heterocycles. The van der Waals surface area contributed by atoms with Crippen molar-refractivity contribution in [2.45, 2.75) is 6.92 Å². The first-order valence-electron chi connectivity index (χ1n) is 4.68. The summed E-state index contributed by atoms with van der Waals surface area (Å²) < 4.78 is 0. The largest absolute Gasteiger partial charge is 0.380 e. The zero-order chi connectivity index (χ0) is 12.0. The van der Waals surface area contributed by atoms with Crippen LogP contribution in [-0.2, 0) is 4.79 Å². The van der Waals surface area contributed by atoms with Gasteiger partial charge in [-0.2, -0.15) is 0 Å². The van der Waals surface area contributed by atoms with Gasteiger partial charge in [-0.3, -0.25) is 4.79 Å². The van der Waals surface area contributed by atoms with Crippen LogP contribution in [0.25, 0.3) is 0 Å². The molecule has 86 valence electrons. The summed E-state index contributed by atoms with van der Waals surface area (Å²) in [6.45, 7) is 1.92. The highest BCUT2D eigenvalue weighted by Gasteiger charge is 1.98. The highest BCUT2D eigenvalue weighted by Crippen LogP contribution is 2.16. The van der Waals surface area contributed by atoms with Crippen LogP contribution in [0, 0.1) is 0 Å². The Bertz CT molecular complexity index is 405.